The van der Waals surface area contributed by atoms with Crippen molar-refractivity contribution in [2.75, 3.05) is 13.1 Å². The second kappa shape index (κ2) is 9.28. The topological polar surface area (TPSA) is 89.4 Å². The Kier molecular flexibility index (Phi) is 6.30. The third-order valence-corrected chi connectivity index (χ3v) is 5.99. The predicted octanol–water partition coefficient (Wildman–Crippen LogP) is 2.58. The Labute approximate surface area is 176 Å². The third kappa shape index (κ3) is 4.80. The highest BCUT2D eigenvalue weighted by atomic mass is 16.5. The lowest BCUT2D eigenvalue weighted by Crippen LogP contribution is -2.45. The third-order valence-electron chi connectivity index (χ3n) is 5.99. The zero-order valence-electron chi connectivity index (χ0n) is 17.4. The van der Waals surface area contributed by atoms with E-state index in [0.717, 1.165) is 25.7 Å². The summed E-state index contributed by atoms with van der Waals surface area (Å²) in [5.74, 6) is 0.541. The average Bonchev–Trinajstić information content (AvgIpc) is 3.46. The van der Waals surface area contributed by atoms with Gasteiger partial charge in [-0.1, -0.05) is 36.3 Å². The van der Waals surface area contributed by atoms with Gasteiger partial charge < -0.3 is 15.0 Å². The number of ether oxygens (including phenoxy) is 1. The molecule has 1 saturated heterocycles. The van der Waals surface area contributed by atoms with Crippen LogP contribution in [0.3, 0.4) is 0 Å². The highest BCUT2D eigenvalue weighted by Gasteiger charge is 2.29. The van der Waals surface area contributed by atoms with E-state index in [4.69, 9.17) is 4.74 Å². The van der Waals surface area contributed by atoms with Crippen molar-refractivity contribution in [3.05, 3.63) is 42.2 Å². The fraction of sp³-hybridized carbons (Fsp3) is 0.545. The summed E-state index contributed by atoms with van der Waals surface area (Å²) in [5, 5.41) is 11.3. The molecule has 1 N–H and O–H groups in total. The van der Waals surface area contributed by atoms with E-state index in [1.807, 2.05) is 35.2 Å². The molecule has 2 amide bonds. The molecule has 160 valence electrons. The molecule has 1 aromatic carbocycles. The SMILES string of the molecule is C[C@@H](Oc1ccccc1)C(=O)N1CCC(n2cc(C(=O)NC3CCCC3)nn2)CC1. The Morgan fingerprint density at radius 1 is 1.10 bits per heavy atom. The van der Waals surface area contributed by atoms with E-state index >= 15 is 0 Å². The van der Waals surface area contributed by atoms with Crippen molar-refractivity contribution < 1.29 is 14.3 Å². The molecular weight excluding hydrogens is 382 g/mol. The van der Waals surface area contributed by atoms with E-state index in [1.54, 1.807) is 17.8 Å². The van der Waals surface area contributed by atoms with Gasteiger partial charge in [0.15, 0.2) is 11.8 Å². The first-order valence-corrected chi connectivity index (χ1v) is 10.8. The molecule has 0 unspecified atom stereocenters. The molecule has 8 heteroatoms. The molecule has 2 aromatic rings. The number of benzene rings is 1. The zero-order valence-corrected chi connectivity index (χ0v) is 17.4. The van der Waals surface area contributed by atoms with Gasteiger partial charge in [-0.2, -0.15) is 0 Å². The number of aromatic nitrogens is 3. The second-order valence-electron chi connectivity index (χ2n) is 8.17. The first-order chi connectivity index (χ1) is 14.6. The van der Waals surface area contributed by atoms with Gasteiger partial charge in [0, 0.05) is 19.1 Å². The number of carbonyl (C=O) groups excluding carboxylic acids is 2. The first-order valence-electron chi connectivity index (χ1n) is 10.8. The summed E-state index contributed by atoms with van der Waals surface area (Å²) in [6.45, 7) is 3.05. The van der Waals surface area contributed by atoms with Gasteiger partial charge in [-0.3, -0.25) is 9.59 Å². The second-order valence-corrected chi connectivity index (χ2v) is 8.17. The fourth-order valence-electron chi connectivity index (χ4n) is 4.25. The average molecular weight is 412 g/mol. The van der Waals surface area contributed by atoms with Crippen LogP contribution in [0.1, 0.15) is 62.0 Å². The molecule has 2 aliphatic rings. The lowest BCUT2D eigenvalue weighted by atomic mass is 10.0. The van der Waals surface area contributed by atoms with Gasteiger partial charge in [0.1, 0.15) is 5.75 Å². The van der Waals surface area contributed by atoms with Crippen LogP contribution in [0.2, 0.25) is 0 Å². The van der Waals surface area contributed by atoms with Gasteiger partial charge in [0.2, 0.25) is 0 Å². The van der Waals surface area contributed by atoms with Crippen LogP contribution in [0, 0.1) is 0 Å². The fourth-order valence-corrected chi connectivity index (χ4v) is 4.25. The summed E-state index contributed by atoms with van der Waals surface area (Å²) < 4.78 is 7.53. The molecule has 1 atom stereocenters. The summed E-state index contributed by atoms with van der Waals surface area (Å²) in [4.78, 5) is 26.9. The van der Waals surface area contributed by atoms with E-state index in [9.17, 15) is 9.59 Å². The molecule has 0 spiro atoms. The van der Waals surface area contributed by atoms with Crippen LogP contribution in [0.4, 0.5) is 0 Å². The summed E-state index contributed by atoms with van der Waals surface area (Å²) in [7, 11) is 0. The molecular formula is C22H29N5O3. The highest BCUT2D eigenvalue weighted by Crippen LogP contribution is 2.23. The molecule has 0 radical (unpaired) electrons. The van der Waals surface area contributed by atoms with Gasteiger partial charge in [0.05, 0.1) is 12.2 Å². The highest BCUT2D eigenvalue weighted by molar-refractivity contribution is 5.92. The number of amides is 2. The maximum Gasteiger partial charge on any atom is 0.273 e. The quantitative estimate of drug-likeness (QED) is 0.789. The van der Waals surface area contributed by atoms with Gasteiger partial charge in [-0.25, -0.2) is 4.68 Å². The molecule has 1 aliphatic carbocycles. The van der Waals surface area contributed by atoms with Crippen LogP contribution in [-0.4, -0.2) is 56.9 Å². The Balaban J connectivity index is 1.27. The smallest absolute Gasteiger partial charge is 0.273 e. The van der Waals surface area contributed by atoms with Crippen LogP contribution in [-0.2, 0) is 4.79 Å². The van der Waals surface area contributed by atoms with E-state index < -0.39 is 6.10 Å². The Bertz CT molecular complexity index is 855. The van der Waals surface area contributed by atoms with Crippen LogP contribution < -0.4 is 10.1 Å². The Morgan fingerprint density at radius 3 is 2.50 bits per heavy atom. The summed E-state index contributed by atoms with van der Waals surface area (Å²) in [5.41, 5.74) is 0.366. The minimum Gasteiger partial charge on any atom is -0.481 e. The molecule has 1 aliphatic heterocycles. The number of para-hydroxylation sites is 1. The van der Waals surface area contributed by atoms with Gasteiger partial charge in [-0.05, 0) is 44.7 Å². The van der Waals surface area contributed by atoms with Gasteiger partial charge in [-0.15, -0.1) is 5.10 Å². The van der Waals surface area contributed by atoms with Crippen molar-refractivity contribution in [1.29, 1.82) is 0 Å². The number of hydrogen-bond donors (Lipinski definition) is 1. The number of piperidine rings is 1. The summed E-state index contributed by atoms with van der Waals surface area (Å²) in [6, 6.07) is 9.79. The van der Waals surface area contributed by atoms with E-state index in [0.29, 0.717) is 24.5 Å². The van der Waals surface area contributed by atoms with Crippen molar-refractivity contribution >= 4 is 11.8 Å². The van der Waals surface area contributed by atoms with Gasteiger partial charge in [0.25, 0.3) is 11.8 Å². The van der Waals surface area contributed by atoms with Gasteiger partial charge >= 0.3 is 0 Å². The monoisotopic (exact) mass is 411 g/mol. The molecule has 2 heterocycles. The normalized spacial score (nSPS) is 18.9. The first kappa shape index (κ1) is 20.4. The lowest BCUT2D eigenvalue weighted by Gasteiger charge is -2.33. The Hall–Kier alpha value is -2.90. The van der Waals surface area contributed by atoms with Crippen molar-refractivity contribution in [2.24, 2.45) is 0 Å². The van der Waals surface area contributed by atoms with E-state index in [-0.39, 0.29) is 23.9 Å². The van der Waals surface area contributed by atoms with E-state index in [2.05, 4.69) is 15.6 Å². The molecule has 1 saturated carbocycles. The predicted molar refractivity (Wildman–Crippen MR) is 111 cm³/mol. The van der Waals surface area contributed by atoms with Crippen molar-refractivity contribution in [1.82, 2.24) is 25.2 Å². The van der Waals surface area contributed by atoms with Crippen molar-refractivity contribution in [3.8, 4) is 5.75 Å². The lowest BCUT2D eigenvalue weighted by molar-refractivity contribution is -0.139. The van der Waals surface area contributed by atoms with Crippen LogP contribution in [0.25, 0.3) is 0 Å². The number of carbonyl (C=O) groups is 2. The molecule has 2 fully saturated rings. The van der Waals surface area contributed by atoms with Crippen molar-refractivity contribution in [3.63, 3.8) is 0 Å². The molecule has 30 heavy (non-hydrogen) atoms. The molecule has 1 aromatic heterocycles. The number of nitrogens with one attached hydrogen (secondary N) is 1. The molecule has 8 nitrogen and oxygen atoms in total. The largest absolute Gasteiger partial charge is 0.481 e. The minimum absolute atomic E-state index is 0.00692. The van der Waals surface area contributed by atoms with Crippen LogP contribution in [0.15, 0.2) is 36.5 Å². The number of hydrogen-bond acceptors (Lipinski definition) is 5. The number of likely N-dealkylation sites (tertiary alicyclic amines) is 1. The molecule has 0 bridgehead atoms. The molecule has 4 rings (SSSR count). The maximum atomic E-state index is 12.7. The Morgan fingerprint density at radius 2 is 1.80 bits per heavy atom. The maximum absolute atomic E-state index is 12.7. The number of rotatable bonds is 6. The standard InChI is InChI=1S/C22H29N5O3/c1-16(30-19-9-3-2-4-10-19)22(29)26-13-11-18(12-14-26)27-15-20(24-25-27)21(28)23-17-7-5-6-8-17/h2-4,9-10,15-18H,5-8,11-14H2,1H3,(H,23,28)/t16-/m1/s1. The summed E-state index contributed by atoms with van der Waals surface area (Å²) >= 11 is 0. The summed E-state index contributed by atoms with van der Waals surface area (Å²) in [6.07, 6.45) is 7.17. The van der Waals surface area contributed by atoms with Crippen LogP contribution >= 0.6 is 0 Å². The minimum atomic E-state index is -0.527. The van der Waals surface area contributed by atoms with E-state index in [1.165, 1.54) is 12.8 Å². The number of nitrogens with zero attached hydrogens (tertiary/aromatic N) is 4. The van der Waals surface area contributed by atoms with Crippen molar-refractivity contribution in [2.45, 2.75) is 63.6 Å². The zero-order chi connectivity index (χ0) is 20.9. The van der Waals surface area contributed by atoms with Crippen LogP contribution in [0.5, 0.6) is 5.75 Å².